The summed E-state index contributed by atoms with van der Waals surface area (Å²) in [5, 5.41) is 2.04. The van der Waals surface area contributed by atoms with Crippen LogP contribution in [-0.2, 0) is 20.1 Å². The molecular weight excluding hydrogens is 955 g/mol. The van der Waals surface area contributed by atoms with E-state index < -0.39 is 28.6 Å². The van der Waals surface area contributed by atoms with Gasteiger partial charge in [-0.05, 0) is 96.0 Å². The van der Waals surface area contributed by atoms with Crippen LogP contribution in [0.1, 0.15) is 91.2 Å². The van der Waals surface area contributed by atoms with Crippen LogP contribution in [0, 0.1) is 46.5 Å². The Kier molecular flexibility index (Phi) is 9.70. The number of nitrogens with zero attached hydrogens (tertiary/aromatic N) is 5. The Labute approximate surface area is 393 Å². The molecule has 5 heterocycles. The molecule has 9 aromatic rings. The Morgan fingerprint density at radius 2 is 1.50 bits per heavy atom. The van der Waals surface area contributed by atoms with Gasteiger partial charge in [-0.1, -0.05) is 114 Å². The number of imidazole rings is 1. The third-order valence-electron chi connectivity index (χ3n) is 11.0. The molecule has 0 aliphatic rings. The molecule has 0 saturated carbocycles. The van der Waals surface area contributed by atoms with Crippen LogP contribution in [0.2, 0.25) is 19.6 Å². The molecule has 0 unspecified atom stereocenters. The van der Waals surface area contributed by atoms with Gasteiger partial charge in [0.05, 0.1) is 36.2 Å². The molecule has 5 aromatic heterocycles. The van der Waals surface area contributed by atoms with Gasteiger partial charge in [-0.2, -0.15) is 0 Å². The van der Waals surface area contributed by atoms with Gasteiger partial charge in [-0.3, -0.25) is 9.97 Å². The Balaban J connectivity index is 0.000000296. The van der Waals surface area contributed by atoms with E-state index in [1.165, 1.54) is 23.4 Å². The van der Waals surface area contributed by atoms with Gasteiger partial charge in [0.25, 0.3) is 0 Å². The molecule has 0 atom stereocenters. The quantitative estimate of drug-likeness (QED) is 0.118. The van der Waals surface area contributed by atoms with E-state index in [9.17, 15) is 0 Å². The summed E-state index contributed by atoms with van der Waals surface area (Å²) in [5.74, 6) is 0.746. The summed E-state index contributed by atoms with van der Waals surface area (Å²) in [6.45, 7) is 12.4. The van der Waals surface area contributed by atoms with Crippen LogP contribution < -0.4 is 5.19 Å². The van der Waals surface area contributed by atoms with Crippen molar-refractivity contribution in [1.29, 1.82) is 0 Å². The Hall–Kier alpha value is -5.53. The van der Waals surface area contributed by atoms with Gasteiger partial charge in [0, 0.05) is 61.1 Å². The number of benzene rings is 4. The molecule has 0 amide bonds. The number of rotatable bonds is 7. The molecule has 8 heteroatoms. The van der Waals surface area contributed by atoms with Crippen LogP contribution in [0.3, 0.4) is 0 Å². The number of fused-ring (bicyclic) bond motifs is 4. The predicted molar refractivity (Wildman–Crippen MR) is 257 cm³/mol. The van der Waals surface area contributed by atoms with E-state index in [1.807, 2.05) is 50.4 Å². The SMILES string of the molecule is [2H]C([2H])([2H])c1c[c-]c(-c2ccc([Si](C)(C)C)cn2)cc1.[2H]C([2H])([2H])c1ccc2c(n1)oc1c(-c3nc4c(C)nc(C)cc4n3-c3c(C(C)C)cc(-c4ccccc4)cc3C(C)C)[c-]cc(C([2H])([2H])[2H])c12.[Ir]. The molecule has 0 bridgehead atoms. The van der Waals surface area contributed by atoms with Gasteiger partial charge < -0.3 is 14.0 Å². The van der Waals surface area contributed by atoms with Crippen LogP contribution in [-0.4, -0.2) is 32.6 Å². The largest absolute Gasteiger partial charge is 0.486 e. The molecule has 9 rings (SSSR count). The van der Waals surface area contributed by atoms with E-state index in [0.717, 1.165) is 56.1 Å². The monoisotopic (exact) mass is 1020 g/mol. The minimum atomic E-state index is -2.51. The summed E-state index contributed by atoms with van der Waals surface area (Å²) in [6.07, 6.45) is 1.92. The first kappa shape index (κ1) is 34.0. The number of pyridine rings is 3. The van der Waals surface area contributed by atoms with Crippen LogP contribution in [0.5, 0.6) is 0 Å². The molecule has 1 radical (unpaired) electrons. The van der Waals surface area contributed by atoms with Crippen molar-refractivity contribution in [2.45, 2.75) is 93.6 Å². The second-order valence-corrected chi connectivity index (χ2v) is 22.3. The van der Waals surface area contributed by atoms with Crippen molar-refractivity contribution in [2.75, 3.05) is 0 Å². The number of furan rings is 1. The zero-order chi connectivity index (χ0) is 50.8. The molecule has 0 saturated heterocycles. The van der Waals surface area contributed by atoms with E-state index >= 15 is 0 Å². The van der Waals surface area contributed by atoms with Crippen molar-refractivity contribution in [1.82, 2.24) is 24.5 Å². The third kappa shape index (κ3) is 8.61. The summed E-state index contributed by atoms with van der Waals surface area (Å²) >= 11 is 0. The molecule has 6 nitrogen and oxygen atoms in total. The van der Waals surface area contributed by atoms with Gasteiger partial charge in [0.1, 0.15) is 0 Å². The molecular formula is C54H55IrN5OSi-2. The maximum absolute atomic E-state index is 8.38. The average Bonchev–Trinajstić information content (AvgIpc) is 3.86. The molecule has 0 aliphatic heterocycles. The zero-order valence-electron chi connectivity index (χ0n) is 45.4. The number of aryl methyl sites for hydroxylation is 5. The maximum atomic E-state index is 8.38. The maximum Gasteiger partial charge on any atom is 0.216 e. The second-order valence-electron chi connectivity index (χ2n) is 17.3. The summed E-state index contributed by atoms with van der Waals surface area (Å²) in [6, 6.07) is 36.5. The first-order valence-electron chi connectivity index (χ1n) is 25.1. The van der Waals surface area contributed by atoms with Gasteiger partial charge >= 0.3 is 0 Å². The standard InChI is InChI=1S/C39H37N4O.C15H18NSi.Ir/c1-21(2)31-19-28(27-12-10-9-11-13-27)20-32(22(3)4)36(31)43-33-18-25(7)40-26(8)35(33)42-38(43)30-16-14-23(5)34-29-17-15-24(6)41-39(29)44-37(30)34;1-12-5-7-13(8-6-12)15-10-9-14(11-16-15)17(2,3)4;/h9-15,17-22H,1-8H3;5-7,9-11H,1-4H3;/q2*-1;/i5D3,6D3;1D3;. The minimum absolute atomic E-state index is 0. The van der Waals surface area contributed by atoms with Gasteiger partial charge in [-0.15, -0.1) is 53.1 Å². The first-order chi connectivity index (χ1) is 32.7. The van der Waals surface area contributed by atoms with E-state index in [2.05, 4.69) is 104 Å². The normalized spacial score (nSPS) is 14.5. The van der Waals surface area contributed by atoms with Gasteiger partial charge in [-0.25, -0.2) is 4.98 Å². The molecule has 0 aliphatic carbocycles. The minimum Gasteiger partial charge on any atom is -0.486 e. The van der Waals surface area contributed by atoms with E-state index in [-0.39, 0.29) is 54.5 Å². The van der Waals surface area contributed by atoms with Crippen LogP contribution in [0.4, 0.5) is 0 Å². The van der Waals surface area contributed by atoms with E-state index in [1.54, 1.807) is 18.2 Å². The summed E-state index contributed by atoms with van der Waals surface area (Å²) in [5.41, 5.74) is 11.1. The first-order valence-corrected chi connectivity index (χ1v) is 24.1. The van der Waals surface area contributed by atoms with Crippen molar-refractivity contribution >= 4 is 46.4 Å². The zero-order valence-corrected chi connectivity index (χ0v) is 39.8. The van der Waals surface area contributed by atoms with Crippen molar-refractivity contribution in [3.05, 3.63) is 155 Å². The van der Waals surface area contributed by atoms with Crippen molar-refractivity contribution in [3.63, 3.8) is 0 Å². The second kappa shape index (κ2) is 17.7. The van der Waals surface area contributed by atoms with Crippen molar-refractivity contribution < 1.29 is 36.9 Å². The van der Waals surface area contributed by atoms with Crippen LogP contribution in [0.15, 0.2) is 108 Å². The fraction of sp³-hybridized carbons (Fsp3) is 0.259. The van der Waals surface area contributed by atoms with Gasteiger partial charge in [0.15, 0.2) is 0 Å². The Bertz CT molecular complexity index is 3310. The summed E-state index contributed by atoms with van der Waals surface area (Å²) in [7, 11) is -1.34. The molecule has 317 valence electrons. The third-order valence-corrected chi connectivity index (χ3v) is 13.1. The van der Waals surface area contributed by atoms with E-state index in [0.29, 0.717) is 33.2 Å². The predicted octanol–water partition coefficient (Wildman–Crippen LogP) is 13.7. The van der Waals surface area contributed by atoms with Crippen LogP contribution >= 0.6 is 0 Å². The average molecular weight is 1020 g/mol. The molecule has 4 aromatic carbocycles. The van der Waals surface area contributed by atoms with E-state index in [4.69, 9.17) is 26.7 Å². The smallest absolute Gasteiger partial charge is 0.216 e. The molecule has 0 N–H and O–H groups in total. The van der Waals surface area contributed by atoms with Crippen LogP contribution in [0.25, 0.3) is 72.6 Å². The topological polar surface area (TPSA) is 69.6 Å². The fourth-order valence-electron chi connectivity index (χ4n) is 7.84. The summed E-state index contributed by atoms with van der Waals surface area (Å²) < 4.78 is 79.4. The Morgan fingerprint density at radius 3 is 2.11 bits per heavy atom. The molecule has 62 heavy (non-hydrogen) atoms. The fourth-order valence-corrected chi connectivity index (χ4v) is 8.88. The van der Waals surface area contributed by atoms with Crippen molar-refractivity contribution in [2.24, 2.45) is 0 Å². The van der Waals surface area contributed by atoms with Gasteiger partial charge in [0.2, 0.25) is 5.71 Å². The van der Waals surface area contributed by atoms with Crippen molar-refractivity contribution in [3.8, 4) is 39.5 Å². The summed E-state index contributed by atoms with van der Waals surface area (Å²) in [4.78, 5) is 18.8. The number of hydrogen-bond donors (Lipinski definition) is 0. The molecule has 0 spiro atoms. The Morgan fingerprint density at radius 1 is 0.742 bits per heavy atom. The number of aromatic nitrogens is 5. The molecule has 0 fully saturated rings. The number of hydrogen-bond acceptors (Lipinski definition) is 5.